The first-order valence-electron chi connectivity index (χ1n) is 9.45. The summed E-state index contributed by atoms with van der Waals surface area (Å²) in [6.07, 6.45) is 23.8. The molecule has 0 aromatic carbocycles. The fourth-order valence-electron chi connectivity index (χ4n) is 5.60. The van der Waals surface area contributed by atoms with Crippen molar-refractivity contribution in [2.75, 3.05) is 0 Å². The Morgan fingerprint density at radius 3 is 1.95 bits per heavy atom. The van der Waals surface area contributed by atoms with Crippen molar-refractivity contribution in [2.24, 2.45) is 11.3 Å². The molecule has 0 aromatic rings. The molecule has 3 fully saturated rings. The normalized spacial score (nSPS) is 38.0. The molecule has 0 nitrogen and oxygen atoms in total. The van der Waals surface area contributed by atoms with Gasteiger partial charge in [-0.15, -0.1) is 0 Å². The highest BCUT2D eigenvalue weighted by Crippen LogP contribution is 2.53. The summed E-state index contributed by atoms with van der Waals surface area (Å²) in [6.45, 7) is 0. The van der Waals surface area contributed by atoms with Crippen molar-refractivity contribution in [1.82, 2.24) is 0 Å². The molecule has 20 heavy (non-hydrogen) atoms. The predicted molar refractivity (Wildman–Crippen MR) is 91.5 cm³/mol. The summed E-state index contributed by atoms with van der Waals surface area (Å²) >= 11 is 5.08. The molecule has 3 aliphatic rings. The highest BCUT2D eigenvalue weighted by atomic mass is 32.1. The number of fused-ring (bicyclic) bond motifs is 1. The second-order valence-corrected chi connectivity index (χ2v) is 9.14. The van der Waals surface area contributed by atoms with Crippen LogP contribution in [0, 0.1) is 11.3 Å². The summed E-state index contributed by atoms with van der Waals surface area (Å²) in [5.41, 5.74) is 0.733. The Morgan fingerprint density at radius 2 is 1.20 bits per heavy atom. The zero-order valence-corrected chi connectivity index (χ0v) is 14.2. The molecule has 3 saturated carbocycles. The first kappa shape index (κ1) is 15.3. The van der Waals surface area contributed by atoms with E-state index in [9.17, 15) is 0 Å². The molecule has 116 valence electrons. The molecule has 0 spiro atoms. The minimum Gasteiger partial charge on any atom is -0.173 e. The van der Waals surface area contributed by atoms with Gasteiger partial charge in [0.05, 0.1) is 0 Å². The van der Waals surface area contributed by atoms with Gasteiger partial charge in [0.15, 0.2) is 0 Å². The zero-order chi connectivity index (χ0) is 13.9. The van der Waals surface area contributed by atoms with E-state index in [1.807, 2.05) is 0 Å². The van der Waals surface area contributed by atoms with Crippen molar-refractivity contribution in [1.29, 1.82) is 0 Å². The van der Waals surface area contributed by atoms with Crippen LogP contribution < -0.4 is 0 Å². The summed E-state index contributed by atoms with van der Waals surface area (Å²) in [6, 6.07) is 0. The van der Waals surface area contributed by atoms with Crippen LogP contribution in [0.25, 0.3) is 0 Å². The molecule has 0 heterocycles. The van der Waals surface area contributed by atoms with E-state index >= 15 is 0 Å². The molecule has 0 saturated heterocycles. The van der Waals surface area contributed by atoms with Gasteiger partial charge in [0.25, 0.3) is 0 Å². The fraction of sp³-hybridized carbons (Fsp3) is 1.00. The Hall–Kier alpha value is 0.350. The van der Waals surface area contributed by atoms with Crippen molar-refractivity contribution < 1.29 is 0 Å². The Bertz CT molecular complexity index is 305. The van der Waals surface area contributed by atoms with Crippen molar-refractivity contribution in [3.8, 4) is 0 Å². The van der Waals surface area contributed by atoms with Crippen LogP contribution in [-0.4, -0.2) is 4.75 Å². The largest absolute Gasteiger partial charge is 0.173 e. The van der Waals surface area contributed by atoms with Gasteiger partial charge in [0, 0.05) is 4.75 Å². The van der Waals surface area contributed by atoms with Crippen molar-refractivity contribution in [3.63, 3.8) is 0 Å². The molecular weight excluding hydrogens is 260 g/mol. The molecule has 2 atom stereocenters. The summed E-state index contributed by atoms with van der Waals surface area (Å²) in [5.74, 6) is 1.06. The van der Waals surface area contributed by atoms with E-state index in [0.717, 1.165) is 11.3 Å². The quantitative estimate of drug-likeness (QED) is 0.561. The minimum atomic E-state index is 0.416. The van der Waals surface area contributed by atoms with Crippen LogP contribution in [0.15, 0.2) is 0 Å². The molecule has 0 radical (unpaired) electrons. The number of hydrogen-bond donors (Lipinski definition) is 1. The van der Waals surface area contributed by atoms with E-state index in [-0.39, 0.29) is 0 Å². The van der Waals surface area contributed by atoms with E-state index in [1.165, 1.54) is 77.0 Å². The maximum absolute atomic E-state index is 5.08. The van der Waals surface area contributed by atoms with Gasteiger partial charge < -0.3 is 0 Å². The van der Waals surface area contributed by atoms with Crippen LogP contribution in [-0.2, 0) is 0 Å². The molecule has 3 rings (SSSR count). The number of rotatable bonds is 3. The van der Waals surface area contributed by atoms with Crippen LogP contribution in [0.2, 0.25) is 0 Å². The van der Waals surface area contributed by atoms with Gasteiger partial charge in [-0.1, -0.05) is 51.4 Å². The summed E-state index contributed by atoms with van der Waals surface area (Å²) in [4.78, 5) is 0. The smallest absolute Gasteiger partial charge is 0.0130 e. The van der Waals surface area contributed by atoms with Crippen LogP contribution in [0.5, 0.6) is 0 Å². The van der Waals surface area contributed by atoms with Gasteiger partial charge in [0.2, 0.25) is 0 Å². The lowest BCUT2D eigenvalue weighted by molar-refractivity contribution is 0.0479. The molecule has 0 aromatic heterocycles. The number of hydrogen-bond acceptors (Lipinski definition) is 1. The van der Waals surface area contributed by atoms with Gasteiger partial charge >= 0.3 is 0 Å². The number of thiol groups is 1. The van der Waals surface area contributed by atoms with Crippen molar-refractivity contribution in [3.05, 3.63) is 0 Å². The average Bonchev–Trinajstić information content (AvgIpc) is 2.86. The minimum absolute atomic E-state index is 0.416. The van der Waals surface area contributed by atoms with E-state index in [2.05, 4.69) is 0 Å². The average molecular weight is 295 g/mol. The third-order valence-electron chi connectivity index (χ3n) is 6.94. The molecule has 0 N–H and O–H groups in total. The second-order valence-electron chi connectivity index (χ2n) is 8.19. The predicted octanol–water partition coefficient (Wildman–Crippen LogP) is 6.54. The Morgan fingerprint density at radius 1 is 0.650 bits per heavy atom. The first-order valence-corrected chi connectivity index (χ1v) is 9.90. The summed E-state index contributed by atoms with van der Waals surface area (Å²) in [5, 5.41) is 0. The van der Waals surface area contributed by atoms with Crippen molar-refractivity contribution in [2.45, 2.75) is 107 Å². The first-order chi connectivity index (χ1) is 9.73. The molecular formula is C19H34S. The zero-order valence-electron chi connectivity index (χ0n) is 13.3. The van der Waals surface area contributed by atoms with E-state index < -0.39 is 0 Å². The third kappa shape index (κ3) is 3.39. The highest BCUT2D eigenvalue weighted by molar-refractivity contribution is 7.81. The summed E-state index contributed by atoms with van der Waals surface area (Å²) < 4.78 is 0.416. The van der Waals surface area contributed by atoms with Crippen LogP contribution in [0.1, 0.15) is 103 Å². The van der Waals surface area contributed by atoms with Crippen LogP contribution in [0.3, 0.4) is 0 Å². The van der Waals surface area contributed by atoms with Gasteiger partial charge in [-0.05, 0) is 62.7 Å². The Balaban J connectivity index is 1.67. The molecule has 0 amide bonds. The monoisotopic (exact) mass is 294 g/mol. The molecule has 2 unspecified atom stereocenters. The van der Waals surface area contributed by atoms with Gasteiger partial charge in [-0.2, -0.15) is 12.6 Å². The fourth-order valence-corrected chi connectivity index (χ4v) is 6.03. The molecule has 3 aliphatic carbocycles. The van der Waals surface area contributed by atoms with Gasteiger partial charge in [0.1, 0.15) is 0 Å². The van der Waals surface area contributed by atoms with Crippen molar-refractivity contribution >= 4 is 12.6 Å². The Labute approximate surface area is 131 Å². The van der Waals surface area contributed by atoms with Crippen LogP contribution >= 0.6 is 12.6 Å². The van der Waals surface area contributed by atoms with Crippen LogP contribution in [0.4, 0.5) is 0 Å². The maximum Gasteiger partial charge on any atom is 0.0130 e. The topological polar surface area (TPSA) is 0 Å². The lowest BCUT2D eigenvalue weighted by Gasteiger charge is -2.47. The van der Waals surface area contributed by atoms with Gasteiger partial charge in [-0.25, -0.2) is 0 Å². The lowest BCUT2D eigenvalue weighted by atomic mass is 9.59. The standard InChI is InChI=1S/C19H34S/c20-19(13-7-8-14-19)16-15-18-11-5-2-1-3-9-17(18)10-4-6-12-18/h17,20H,1-16H2. The highest BCUT2D eigenvalue weighted by Gasteiger charge is 2.42. The SMILES string of the molecule is SC1(CCC23CCCCCCC2CCCC3)CCCC1. The van der Waals surface area contributed by atoms with E-state index in [4.69, 9.17) is 12.6 Å². The van der Waals surface area contributed by atoms with E-state index in [1.54, 1.807) is 25.7 Å². The molecule has 0 aliphatic heterocycles. The molecule has 1 heteroatoms. The maximum atomic E-state index is 5.08. The second kappa shape index (κ2) is 6.63. The third-order valence-corrected chi connectivity index (χ3v) is 7.61. The lowest BCUT2D eigenvalue weighted by Crippen LogP contribution is -2.36. The van der Waals surface area contributed by atoms with E-state index in [0.29, 0.717) is 4.75 Å². The van der Waals surface area contributed by atoms with Gasteiger partial charge in [-0.3, -0.25) is 0 Å². The Kier molecular flexibility index (Phi) is 5.06. The molecule has 0 bridgehead atoms. The summed E-state index contributed by atoms with van der Waals surface area (Å²) in [7, 11) is 0.